The minimum Gasteiger partial charge on any atom is -0.367 e. The van der Waals surface area contributed by atoms with E-state index in [2.05, 4.69) is 25.8 Å². The molecule has 0 bridgehead atoms. The van der Waals surface area contributed by atoms with E-state index in [4.69, 9.17) is 0 Å². The molecule has 1 saturated carbocycles. The zero-order valence-corrected chi connectivity index (χ0v) is 17.2. The van der Waals surface area contributed by atoms with Crippen LogP contribution < -0.4 is 10.5 Å². The Bertz CT molecular complexity index is 1210. The Balaban J connectivity index is 1.26. The maximum atomic E-state index is 14.0. The number of fused-ring (bicyclic) bond motifs is 1. The van der Waals surface area contributed by atoms with Gasteiger partial charge in [-0.15, -0.1) is 0 Å². The maximum Gasteiger partial charge on any atom is 0.259 e. The first-order chi connectivity index (χ1) is 15.1. The van der Waals surface area contributed by atoms with Crippen LogP contribution in [0.5, 0.6) is 0 Å². The van der Waals surface area contributed by atoms with Crippen LogP contribution in [0.15, 0.2) is 47.4 Å². The van der Waals surface area contributed by atoms with E-state index in [1.165, 1.54) is 6.07 Å². The molecule has 1 saturated heterocycles. The molecule has 3 heterocycles. The standard InChI is InChI=1S/C24H24FN5O/c25-19-4-1-3-17-14-20(28-24(31)23(17)19)16-6-7-18(13-16)29-9-11-30(12-10-29)22-5-2-8-27-21(22)15-26/h1-5,8,14,16,18H,6-7,9-13H2,(H,28,31)/t16-,18-/m1/s1. The van der Waals surface area contributed by atoms with Gasteiger partial charge in [0.15, 0.2) is 5.69 Å². The van der Waals surface area contributed by atoms with Crippen molar-refractivity contribution < 1.29 is 4.39 Å². The number of halogens is 1. The Kier molecular flexibility index (Phi) is 5.16. The second-order valence-electron chi connectivity index (χ2n) is 8.43. The number of nitrogens with zero attached hydrogens (tertiary/aromatic N) is 4. The summed E-state index contributed by atoms with van der Waals surface area (Å²) >= 11 is 0. The number of rotatable bonds is 3. The number of hydrogen-bond acceptors (Lipinski definition) is 5. The van der Waals surface area contributed by atoms with Crippen LogP contribution in [-0.4, -0.2) is 47.1 Å². The topological polar surface area (TPSA) is 76.0 Å². The van der Waals surface area contributed by atoms with Crippen LogP contribution in [0, 0.1) is 17.1 Å². The third-order valence-corrected chi connectivity index (χ3v) is 6.75. The summed E-state index contributed by atoms with van der Waals surface area (Å²) in [5.41, 5.74) is 1.97. The number of piperazine rings is 1. The first-order valence-electron chi connectivity index (χ1n) is 10.8. The van der Waals surface area contributed by atoms with E-state index in [-0.39, 0.29) is 16.9 Å². The largest absolute Gasteiger partial charge is 0.367 e. The van der Waals surface area contributed by atoms with Crippen molar-refractivity contribution in [3.63, 3.8) is 0 Å². The van der Waals surface area contributed by atoms with E-state index in [0.29, 0.717) is 17.1 Å². The minimum absolute atomic E-state index is 0.143. The smallest absolute Gasteiger partial charge is 0.259 e. The molecule has 1 aromatic carbocycles. The number of nitriles is 1. The molecular weight excluding hydrogens is 393 g/mol. The van der Waals surface area contributed by atoms with E-state index in [9.17, 15) is 14.4 Å². The SMILES string of the molecule is N#Cc1ncccc1N1CCN([C@@H]2CC[C@@H](c3cc4cccc(F)c4c(=O)[nH]3)C2)CC1. The molecule has 0 spiro atoms. The minimum atomic E-state index is -0.472. The lowest BCUT2D eigenvalue weighted by Gasteiger charge is -2.39. The first kappa shape index (κ1) is 19.7. The number of aromatic nitrogens is 2. The van der Waals surface area contributed by atoms with E-state index in [1.807, 2.05) is 18.2 Å². The van der Waals surface area contributed by atoms with Crippen molar-refractivity contribution in [1.29, 1.82) is 5.26 Å². The molecule has 2 fully saturated rings. The monoisotopic (exact) mass is 417 g/mol. The molecule has 0 unspecified atom stereocenters. The molecule has 1 aliphatic carbocycles. The number of pyridine rings is 2. The average Bonchev–Trinajstić information content (AvgIpc) is 3.29. The summed E-state index contributed by atoms with van der Waals surface area (Å²) in [7, 11) is 0. The highest BCUT2D eigenvalue weighted by molar-refractivity contribution is 5.82. The normalized spacial score (nSPS) is 22.0. The lowest BCUT2D eigenvalue weighted by molar-refractivity contribution is 0.186. The molecule has 6 nitrogen and oxygen atoms in total. The van der Waals surface area contributed by atoms with Crippen LogP contribution >= 0.6 is 0 Å². The predicted octanol–water partition coefficient (Wildman–Crippen LogP) is 3.39. The lowest BCUT2D eigenvalue weighted by atomic mass is 10.00. The third-order valence-electron chi connectivity index (χ3n) is 6.75. The number of nitrogens with one attached hydrogen (secondary N) is 1. The molecule has 3 aromatic rings. The van der Waals surface area contributed by atoms with Gasteiger partial charge in [0.05, 0.1) is 11.1 Å². The fraction of sp³-hybridized carbons (Fsp3) is 0.375. The fourth-order valence-corrected chi connectivity index (χ4v) is 5.16. The van der Waals surface area contributed by atoms with Crippen LogP contribution in [0.1, 0.15) is 36.6 Å². The Morgan fingerprint density at radius 1 is 1.13 bits per heavy atom. The van der Waals surface area contributed by atoms with Crippen LogP contribution in [0.25, 0.3) is 10.8 Å². The molecule has 1 aliphatic heterocycles. The van der Waals surface area contributed by atoms with Gasteiger partial charge < -0.3 is 9.88 Å². The van der Waals surface area contributed by atoms with Gasteiger partial charge >= 0.3 is 0 Å². The zero-order valence-electron chi connectivity index (χ0n) is 17.2. The molecule has 7 heteroatoms. The molecule has 0 amide bonds. The molecule has 2 aromatic heterocycles. The maximum absolute atomic E-state index is 14.0. The van der Waals surface area contributed by atoms with Gasteiger partial charge in [0.2, 0.25) is 0 Å². The second kappa shape index (κ2) is 8.12. The summed E-state index contributed by atoms with van der Waals surface area (Å²) in [6.45, 7) is 3.62. The highest BCUT2D eigenvalue weighted by Crippen LogP contribution is 2.37. The number of anilines is 1. The van der Waals surface area contributed by atoms with Gasteiger partial charge in [-0.3, -0.25) is 9.69 Å². The summed E-state index contributed by atoms with van der Waals surface area (Å²) < 4.78 is 14.0. The summed E-state index contributed by atoms with van der Waals surface area (Å²) in [4.78, 5) is 24.3. The van der Waals surface area contributed by atoms with Gasteiger partial charge in [0, 0.05) is 50.0 Å². The molecule has 5 rings (SSSR count). The van der Waals surface area contributed by atoms with Gasteiger partial charge in [0.25, 0.3) is 5.56 Å². The van der Waals surface area contributed by atoms with Gasteiger partial charge in [-0.05, 0) is 48.9 Å². The number of aromatic amines is 1. The van der Waals surface area contributed by atoms with Crippen LogP contribution in [-0.2, 0) is 0 Å². The van der Waals surface area contributed by atoms with E-state index in [1.54, 1.807) is 18.3 Å². The molecule has 1 N–H and O–H groups in total. The average molecular weight is 417 g/mol. The van der Waals surface area contributed by atoms with Crippen LogP contribution in [0.2, 0.25) is 0 Å². The quantitative estimate of drug-likeness (QED) is 0.707. The zero-order chi connectivity index (χ0) is 21.4. The van der Waals surface area contributed by atoms with Crippen molar-refractivity contribution in [2.24, 2.45) is 0 Å². The molecular formula is C24H24FN5O. The van der Waals surface area contributed by atoms with E-state index < -0.39 is 5.82 Å². The predicted molar refractivity (Wildman–Crippen MR) is 118 cm³/mol. The van der Waals surface area contributed by atoms with Crippen molar-refractivity contribution in [2.75, 3.05) is 31.1 Å². The summed E-state index contributed by atoms with van der Waals surface area (Å²) in [5.74, 6) is -0.187. The molecule has 0 radical (unpaired) electrons. The van der Waals surface area contributed by atoms with Crippen molar-refractivity contribution in [3.8, 4) is 6.07 Å². The Labute approximate surface area is 179 Å². The Morgan fingerprint density at radius 2 is 1.97 bits per heavy atom. The van der Waals surface area contributed by atoms with Crippen LogP contribution in [0.3, 0.4) is 0 Å². The highest BCUT2D eigenvalue weighted by Gasteiger charge is 2.33. The molecule has 158 valence electrons. The second-order valence-corrected chi connectivity index (χ2v) is 8.43. The third kappa shape index (κ3) is 3.68. The summed E-state index contributed by atoms with van der Waals surface area (Å²) in [6.07, 6.45) is 4.75. The van der Waals surface area contributed by atoms with E-state index in [0.717, 1.165) is 56.8 Å². The van der Waals surface area contributed by atoms with Crippen molar-refractivity contribution in [1.82, 2.24) is 14.9 Å². The fourth-order valence-electron chi connectivity index (χ4n) is 5.16. The number of benzene rings is 1. The van der Waals surface area contributed by atoms with Gasteiger partial charge in [-0.25, -0.2) is 9.37 Å². The summed E-state index contributed by atoms with van der Waals surface area (Å²) in [6, 6.07) is 13.2. The molecule has 2 aliphatic rings. The Morgan fingerprint density at radius 3 is 2.77 bits per heavy atom. The Hall–Kier alpha value is -3.24. The number of H-pyrrole nitrogens is 1. The number of hydrogen-bond donors (Lipinski definition) is 1. The van der Waals surface area contributed by atoms with Crippen molar-refractivity contribution in [3.05, 3.63) is 70.2 Å². The van der Waals surface area contributed by atoms with Crippen LogP contribution in [0.4, 0.5) is 10.1 Å². The van der Waals surface area contributed by atoms with Gasteiger partial charge in [-0.1, -0.05) is 12.1 Å². The van der Waals surface area contributed by atoms with E-state index >= 15 is 0 Å². The lowest BCUT2D eigenvalue weighted by Crippen LogP contribution is -2.50. The molecule has 31 heavy (non-hydrogen) atoms. The van der Waals surface area contributed by atoms with Gasteiger partial charge in [0.1, 0.15) is 11.9 Å². The van der Waals surface area contributed by atoms with Crippen molar-refractivity contribution >= 4 is 16.5 Å². The molecule has 2 atom stereocenters. The summed E-state index contributed by atoms with van der Waals surface area (Å²) in [5, 5.41) is 10.1. The van der Waals surface area contributed by atoms with Gasteiger partial charge in [-0.2, -0.15) is 5.26 Å². The van der Waals surface area contributed by atoms with Crippen molar-refractivity contribution in [2.45, 2.75) is 31.2 Å². The highest BCUT2D eigenvalue weighted by atomic mass is 19.1. The first-order valence-corrected chi connectivity index (χ1v) is 10.8.